The molecule has 6 nitrogen and oxygen atoms in total. The van der Waals surface area contributed by atoms with E-state index in [0.29, 0.717) is 0 Å². The summed E-state index contributed by atoms with van der Waals surface area (Å²) in [5.41, 5.74) is 2.01. The Kier molecular flexibility index (Phi) is 5.07. The SMILES string of the molecule is CCN[C@H]1CN(c2cccc(OC)c2)Sc2sc(S(N)(=O)=O)cc21. The molecule has 0 saturated heterocycles. The van der Waals surface area contributed by atoms with Crippen LogP contribution in [-0.4, -0.2) is 28.6 Å². The van der Waals surface area contributed by atoms with Crippen molar-refractivity contribution < 1.29 is 13.2 Å². The lowest BCUT2D eigenvalue weighted by Crippen LogP contribution is -2.34. The third-order valence-electron chi connectivity index (χ3n) is 3.69. The van der Waals surface area contributed by atoms with Crippen molar-refractivity contribution in [1.29, 1.82) is 0 Å². The largest absolute Gasteiger partial charge is 0.497 e. The molecular weight excluding hydrogens is 366 g/mol. The maximum atomic E-state index is 11.7. The molecule has 3 rings (SSSR count). The van der Waals surface area contributed by atoms with Gasteiger partial charge >= 0.3 is 0 Å². The lowest BCUT2D eigenvalue weighted by molar-refractivity contribution is 0.415. The Morgan fingerprint density at radius 3 is 2.88 bits per heavy atom. The van der Waals surface area contributed by atoms with Gasteiger partial charge in [0.2, 0.25) is 10.0 Å². The van der Waals surface area contributed by atoms with Gasteiger partial charge in [-0.15, -0.1) is 11.3 Å². The average molecular weight is 386 g/mol. The summed E-state index contributed by atoms with van der Waals surface area (Å²) in [6, 6.07) is 9.56. The molecule has 0 spiro atoms. The molecule has 130 valence electrons. The second-order valence-electron chi connectivity index (χ2n) is 5.32. The van der Waals surface area contributed by atoms with Crippen LogP contribution in [0, 0.1) is 0 Å². The van der Waals surface area contributed by atoms with Crippen LogP contribution in [0.15, 0.2) is 38.8 Å². The highest BCUT2D eigenvalue weighted by Gasteiger charge is 2.30. The highest BCUT2D eigenvalue weighted by molar-refractivity contribution is 8.03. The predicted octanol–water partition coefficient (Wildman–Crippen LogP) is 2.58. The van der Waals surface area contributed by atoms with Gasteiger partial charge in [-0.05, 0) is 42.3 Å². The van der Waals surface area contributed by atoms with Gasteiger partial charge in [0, 0.05) is 12.6 Å². The number of thiophene rings is 1. The number of benzene rings is 1. The monoisotopic (exact) mass is 385 g/mol. The minimum Gasteiger partial charge on any atom is -0.497 e. The van der Waals surface area contributed by atoms with Crippen molar-refractivity contribution in [3.63, 3.8) is 0 Å². The van der Waals surface area contributed by atoms with Crippen molar-refractivity contribution in [3.05, 3.63) is 35.9 Å². The zero-order chi connectivity index (χ0) is 17.3. The van der Waals surface area contributed by atoms with Crippen molar-refractivity contribution >= 4 is 39.0 Å². The number of likely N-dealkylation sites (N-methyl/N-ethyl adjacent to an activating group) is 1. The molecule has 1 aliphatic rings. The molecule has 3 N–H and O–H groups in total. The summed E-state index contributed by atoms with van der Waals surface area (Å²) >= 11 is 2.75. The van der Waals surface area contributed by atoms with Gasteiger partial charge in [-0.3, -0.25) is 0 Å². The Morgan fingerprint density at radius 1 is 1.42 bits per heavy atom. The van der Waals surface area contributed by atoms with Crippen LogP contribution in [0.5, 0.6) is 5.75 Å². The Hall–Kier alpha value is -1.26. The highest BCUT2D eigenvalue weighted by atomic mass is 32.3. The fourth-order valence-corrected chi connectivity index (χ4v) is 6.06. The topological polar surface area (TPSA) is 84.7 Å². The summed E-state index contributed by atoms with van der Waals surface area (Å²) in [5.74, 6) is 0.787. The molecular formula is C15H19N3O3S3. The van der Waals surface area contributed by atoms with Crippen LogP contribution in [0.2, 0.25) is 0 Å². The van der Waals surface area contributed by atoms with Crippen molar-refractivity contribution in [2.45, 2.75) is 21.4 Å². The molecule has 0 unspecified atom stereocenters. The van der Waals surface area contributed by atoms with E-state index in [1.807, 2.05) is 31.2 Å². The summed E-state index contributed by atoms with van der Waals surface area (Å²) in [4.78, 5) is 0. The number of rotatable bonds is 5. The lowest BCUT2D eigenvalue weighted by atomic mass is 10.1. The molecule has 1 aromatic heterocycles. The Bertz CT molecular complexity index is 835. The minimum atomic E-state index is -3.69. The standard InChI is InChI=1S/C15H19N3O3S3/c1-3-17-13-9-18(10-5-4-6-11(7-10)21-2)23-15-12(13)8-14(22-15)24(16,19)20/h4-8,13,17H,3,9H2,1-2H3,(H2,16,19,20)/t13-/m0/s1. The first kappa shape index (κ1) is 17.6. The van der Waals surface area contributed by atoms with Crippen molar-refractivity contribution in [1.82, 2.24) is 5.32 Å². The fraction of sp³-hybridized carbons (Fsp3) is 0.333. The smallest absolute Gasteiger partial charge is 0.247 e. The van der Waals surface area contributed by atoms with E-state index in [1.165, 1.54) is 23.3 Å². The number of hydrogen-bond donors (Lipinski definition) is 2. The molecule has 0 amide bonds. The number of hydrogen-bond acceptors (Lipinski definition) is 7. The van der Waals surface area contributed by atoms with Gasteiger partial charge in [0.15, 0.2) is 0 Å². The van der Waals surface area contributed by atoms with E-state index in [4.69, 9.17) is 9.88 Å². The second kappa shape index (κ2) is 6.93. The number of sulfonamides is 1. The van der Waals surface area contributed by atoms with Crippen LogP contribution in [0.1, 0.15) is 18.5 Å². The van der Waals surface area contributed by atoms with E-state index >= 15 is 0 Å². The van der Waals surface area contributed by atoms with E-state index in [0.717, 1.165) is 34.3 Å². The second-order valence-corrected chi connectivity index (χ2v) is 9.45. The Balaban J connectivity index is 1.98. The first-order chi connectivity index (χ1) is 11.4. The molecule has 1 atom stereocenters. The van der Waals surface area contributed by atoms with E-state index in [1.54, 1.807) is 13.2 Å². The first-order valence-electron chi connectivity index (χ1n) is 7.42. The van der Waals surface area contributed by atoms with Crippen LogP contribution < -0.4 is 19.5 Å². The molecule has 2 aromatic rings. The van der Waals surface area contributed by atoms with Crippen molar-refractivity contribution in [2.24, 2.45) is 5.14 Å². The lowest BCUT2D eigenvalue weighted by Gasteiger charge is -2.33. The molecule has 2 heterocycles. The minimum absolute atomic E-state index is 0.0456. The van der Waals surface area contributed by atoms with Gasteiger partial charge in [-0.1, -0.05) is 13.0 Å². The maximum Gasteiger partial charge on any atom is 0.247 e. The van der Waals surface area contributed by atoms with Crippen LogP contribution >= 0.6 is 23.3 Å². The van der Waals surface area contributed by atoms with Gasteiger partial charge in [-0.2, -0.15) is 0 Å². The zero-order valence-electron chi connectivity index (χ0n) is 13.4. The normalized spacial score (nSPS) is 17.6. The molecule has 1 aromatic carbocycles. The summed E-state index contributed by atoms with van der Waals surface area (Å²) in [7, 11) is -2.05. The average Bonchev–Trinajstić information content (AvgIpc) is 3.00. The molecule has 0 fully saturated rings. The zero-order valence-corrected chi connectivity index (χ0v) is 15.8. The summed E-state index contributed by atoms with van der Waals surface area (Å²) < 4.78 is 31.9. The highest BCUT2D eigenvalue weighted by Crippen LogP contribution is 2.45. The van der Waals surface area contributed by atoms with Crippen LogP contribution in [0.3, 0.4) is 0 Å². The number of methoxy groups -OCH3 is 1. The van der Waals surface area contributed by atoms with Gasteiger partial charge in [0.05, 0.1) is 23.0 Å². The number of nitrogens with zero attached hydrogens (tertiary/aromatic N) is 1. The van der Waals surface area contributed by atoms with Gasteiger partial charge in [0.1, 0.15) is 9.96 Å². The quantitative estimate of drug-likeness (QED) is 0.770. The molecule has 24 heavy (non-hydrogen) atoms. The summed E-state index contributed by atoms with van der Waals surface area (Å²) in [6.45, 7) is 3.55. The number of ether oxygens (including phenoxy) is 1. The van der Waals surface area contributed by atoms with E-state index in [-0.39, 0.29) is 10.3 Å². The molecule has 0 bridgehead atoms. The Morgan fingerprint density at radius 2 is 2.21 bits per heavy atom. The summed E-state index contributed by atoms with van der Waals surface area (Å²) in [6.07, 6.45) is 0. The number of primary sulfonamides is 1. The van der Waals surface area contributed by atoms with E-state index in [2.05, 4.69) is 9.62 Å². The number of nitrogens with two attached hydrogens (primary N) is 1. The van der Waals surface area contributed by atoms with Crippen molar-refractivity contribution in [2.75, 3.05) is 24.5 Å². The maximum absolute atomic E-state index is 11.7. The number of fused-ring (bicyclic) bond motifs is 1. The molecule has 0 radical (unpaired) electrons. The van der Waals surface area contributed by atoms with Crippen molar-refractivity contribution in [3.8, 4) is 5.75 Å². The third kappa shape index (κ3) is 3.55. The summed E-state index contributed by atoms with van der Waals surface area (Å²) in [5, 5.41) is 8.71. The van der Waals surface area contributed by atoms with Gasteiger partial charge in [-0.25, -0.2) is 13.6 Å². The van der Waals surface area contributed by atoms with Crippen LogP contribution in [0.4, 0.5) is 5.69 Å². The van der Waals surface area contributed by atoms with Gasteiger partial charge in [0.25, 0.3) is 0 Å². The molecule has 0 aliphatic carbocycles. The number of nitrogens with one attached hydrogen (secondary N) is 1. The van der Waals surface area contributed by atoms with E-state index in [9.17, 15) is 8.42 Å². The molecule has 0 saturated carbocycles. The number of anilines is 1. The molecule has 1 aliphatic heterocycles. The molecule has 9 heteroatoms. The van der Waals surface area contributed by atoms with E-state index < -0.39 is 10.0 Å². The van der Waals surface area contributed by atoms with Gasteiger partial charge < -0.3 is 14.4 Å². The fourth-order valence-electron chi connectivity index (χ4n) is 2.57. The third-order valence-corrected chi connectivity index (χ3v) is 7.51. The first-order valence-corrected chi connectivity index (χ1v) is 10.6. The van der Waals surface area contributed by atoms with Crippen LogP contribution in [0.25, 0.3) is 0 Å². The van der Waals surface area contributed by atoms with Crippen LogP contribution in [-0.2, 0) is 10.0 Å². The predicted molar refractivity (Wildman–Crippen MR) is 98.3 cm³/mol. The Labute approximate surface area is 150 Å².